The zero-order chi connectivity index (χ0) is 23.1. The molecule has 0 spiro atoms. The molecule has 2 aliphatic carbocycles. The number of imidazole rings is 1. The van der Waals surface area contributed by atoms with Crippen LogP contribution in [0.3, 0.4) is 0 Å². The van der Waals surface area contributed by atoms with Gasteiger partial charge in [0.1, 0.15) is 16.9 Å². The molecule has 3 aromatic heterocycles. The maximum atomic E-state index is 13.3. The number of pyridine rings is 1. The van der Waals surface area contributed by atoms with E-state index in [9.17, 15) is 4.79 Å². The zero-order valence-corrected chi connectivity index (χ0v) is 19.4. The van der Waals surface area contributed by atoms with Crippen molar-refractivity contribution < 1.29 is 9.53 Å². The van der Waals surface area contributed by atoms with Crippen LogP contribution in [-0.4, -0.2) is 56.2 Å². The van der Waals surface area contributed by atoms with Gasteiger partial charge in [-0.25, -0.2) is 9.97 Å². The van der Waals surface area contributed by atoms with E-state index in [0.29, 0.717) is 29.1 Å². The molecule has 174 valence electrons. The Balaban J connectivity index is 1.34. The summed E-state index contributed by atoms with van der Waals surface area (Å²) in [5.74, 6) is 3.15. The van der Waals surface area contributed by atoms with Gasteiger partial charge in [0.05, 0.1) is 18.3 Å². The molecule has 2 N–H and O–H groups in total. The highest BCUT2D eigenvalue weighted by molar-refractivity contribution is 6.00. The molecule has 0 bridgehead atoms. The van der Waals surface area contributed by atoms with Crippen LogP contribution >= 0.6 is 0 Å². The standard InChI is InChI=1S/C26H28N6O2/c1-30-23-19(8-16(10-21(23)34-2)26(33)31-12-17-18(13-31)22(17)27)29-25(30)20-9-15-4-3-7-28-24(15)32(20)11-14-5-6-14/h3-4,7-10,14,17-18,22H,5-6,11-13,27H2,1-2H3/t17-,18+,22+. The van der Waals surface area contributed by atoms with E-state index in [1.54, 1.807) is 7.11 Å². The fourth-order valence-corrected chi connectivity index (χ4v) is 5.76. The van der Waals surface area contributed by atoms with Gasteiger partial charge in [-0.1, -0.05) is 0 Å². The average Bonchev–Trinajstić information content (AvgIpc) is 3.60. The third-order valence-corrected chi connectivity index (χ3v) is 7.97. The number of aryl methyl sites for hydroxylation is 1. The number of hydrogen-bond acceptors (Lipinski definition) is 5. The van der Waals surface area contributed by atoms with E-state index in [1.165, 1.54) is 12.8 Å². The second-order valence-electron chi connectivity index (χ2n) is 10.2. The molecule has 3 fully saturated rings. The second-order valence-corrected chi connectivity index (χ2v) is 10.2. The number of amides is 1. The fourth-order valence-electron chi connectivity index (χ4n) is 5.76. The summed E-state index contributed by atoms with van der Waals surface area (Å²) in [6.07, 6.45) is 4.37. The Bertz CT molecular complexity index is 1450. The third kappa shape index (κ3) is 2.91. The predicted molar refractivity (Wildman–Crippen MR) is 130 cm³/mol. The van der Waals surface area contributed by atoms with Crippen LogP contribution in [0.25, 0.3) is 33.6 Å². The molecule has 1 aliphatic heterocycles. The normalized spacial score (nSPS) is 23.6. The Morgan fingerprint density at radius 1 is 1.21 bits per heavy atom. The van der Waals surface area contributed by atoms with E-state index >= 15 is 0 Å². The molecule has 7 rings (SSSR count). The molecule has 8 nitrogen and oxygen atoms in total. The van der Waals surface area contributed by atoms with Crippen molar-refractivity contribution in [3.8, 4) is 17.3 Å². The van der Waals surface area contributed by atoms with E-state index in [1.807, 2.05) is 36.3 Å². The summed E-state index contributed by atoms with van der Waals surface area (Å²) in [5, 5.41) is 1.11. The molecule has 3 aliphatic rings. The summed E-state index contributed by atoms with van der Waals surface area (Å²) in [7, 11) is 3.66. The zero-order valence-electron chi connectivity index (χ0n) is 19.4. The van der Waals surface area contributed by atoms with Crippen molar-refractivity contribution in [3.05, 3.63) is 42.1 Å². The van der Waals surface area contributed by atoms with Crippen molar-refractivity contribution in [2.45, 2.75) is 25.4 Å². The minimum absolute atomic E-state index is 0.0267. The summed E-state index contributed by atoms with van der Waals surface area (Å²) in [5.41, 5.74) is 10.4. The van der Waals surface area contributed by atoms with Crippen LogP contribution in [-0.2, 0) is 13.6 Å². The summed E-state index contributed by atoms with van der Waals surface area (Å²) in [4.78, 5) is 24.9. The number of hydrogen-bond donors (Lipinski definition) is 1. The first-order chi connectivity index (χ1) is 16.5. The maximum absolute atomic E-state index is 13.3. The van der Waals surface area contributed by atoms with E-state index in [-0.39, 0.29) is 11.9 Å². The van der Waals surface area contributed by atoms with Gasteiger partial charge < -0.3 is 24.5 Å². The number of methoxy groups -OCH3 is 1. The molecular formula is C26H28N6O2. The number of aromatic nitrogens is 4. The van der Waals surface area contributed by atoms with Crippen molar-refractivity contribution in [2.24, 2.45) is 30.5 Å². The molecule has 3 atom stereocenters. The lowest BCUT2D eigenvalue weighted by atomic mass is 10.1. The number of carbonyl (C=O) groups excluding carboxylic acids is 1. The van der Waals surface area contributed by atoms with Crippen LogP contribution < -0.4 is 10.5 Å². The quantitative estimate of drug-likeness (QED) is 0.498. The van der Waals surface area contributed by atoms with Crippen molar-refractivity contribution in [1.82, 2.24) is 24.0 Å². The van der Waals surface area contributed by atoms with E-state index in [0.717, 1.165) is 53.2 Å². The largest absolute Gasteiger partial charge is 0.494 e. The molecule has 4 heterocycles. The minimum Gasteiger partial charge on any atom is -0.494 e. The summed E-state index contributed by atoms with van der Waals surface area (Å²) in [6.45, 7) is 2.43. The van der Waals surface area contributed by atoms with Gasteiger partial charge in [0.15, 0.2) is 5.82 Å². The first kappa shape index (κ1) is 20.0. The number of fused-ring (bicyclic) bond motifs is 3. The monoisotopic (exact) mass is 456 g/mol. The maximum Gasteiger partial charge on any atom is 0.254 e. The Labute approximate surface area is 197 Å². The lowest BCUT2D eigenvalue weighted by Crippen LogP contribution is -2.33. The highest BCUT2D eigenvalue weighted by Crippen LogP contribution is 2.44. The molecule has 1 saturated heterocycles. The van der Waals surface area contributed by atoms with Crippen molar-refractivity contribution >= 4 is 28.0 Å². The molecule has 1 aromatic carbocycles. The minimum atomic E-state index is 0.0267. The molecule has 4 aromatic rings. The van der Waals surface area contributed by atoms with Gasteiger partial charge in [-0.15, -0.1) is 0 Å². The second kappa shape index (κ2) is 7.06. The summed E-state index contributed by atoms with van der Waals surface area (Å²) in [6, 6.07) is 10.3. The molecule has 0 radical (unpaired) electrons. The van der Waals surface area contributed by atoms with Gasteiger partial charge >= 0.3 is 0 Å². The van der Waals surface area contributed by atoms with Gasteiger partial charge in [-0.05, 0) is 60.9 Å². The molecule has 0 unspecified atom stereocenters. The van der Waals surface area contributed by atoms with Gasteiger partial charge in [-0.3, -0.25) is 4.79 Å². The number of rotatable bonds is 5. The molecule has 8 heteroatoms. The van der Waals surface area contributed by atoms with E-state index in [4.69, 9.17) is 15.5 Å². The third-order valence-electron chi connectivity index (χ3n) is 7.97. The molecule has 34 heavy (non-hydrogen) atoms. The fraction of sp³-hybridized carbons (Fsp3) is 0.423. The van der Waals surface area contributed by atoms with Crippen LogP contribution in [0.1, 0.15) is 23.2 Å². The number of nitrogens with two attached hydrogens (primary N) is 1. The van der Waals surface area contributed by atoms with Crippen molar-refractivity contribution in [2.75, 3.05) is 20.2 Å². The van der Waals surface area contributed by atoms with Crippen LogP contribution in [0.15, 0.2) is 36.5 Å². The number of likely N-dealkylation sites (tertiary alicyclic amines) is 1. The first-order valence-corrected chi connectivity index (χ1v) is 12.1. The van der Waals surface area contributed by atoms with E-state index < -0.39 is 0 Å². The highest BCUT2D eigenvalue weighted by atomic mass is 16.5. The lowest BCUT2D eigenvalue weighted by molar-refractivity contribution is 0.0773. The number of nitrogens with zero attached hydrogens (tertiary/aromatic N) is 5. The topological polar surface area (TPSA) is 91.2 Å². The molecular weight excluding hydrogens is 428 g/mol. The van der Waals surface area contributed by atoms with Crippen LogP contribution in [0.5, 0.6) is 5.75 Å². The SMILES string of the molecule is COc1cc(C(=O)N2C[C@@H]3[C@@H](N)[C@@H]3C2)cc2nc(-c3cc4cccnc4n3CC3CC3)n(C)c12. The Morgan fingerprint density at radius 2 is 2.00 bits per heavy atom. The Morgan fingerprint density at radius 3 is 2.74 bits per heavy atom. The molecule has 2 saturated carbocycles. The Kier molecular flexibility index (Phi) is 4.16. The lowest BCUT2D eigenvalue weighted by Gasteiger charge is -2.19. The first-order valence-electron chi connectivity index (χ1n) is 12.1. The van der Waals surface area contributed by atoms with Crippen LogP contribution in [0.2, 0.25) is 0 Å². The summed E-state index contributed by atoms with van der Waals surface area (Å²) < 4.78 is 10.1. The van der Waals surface area contributed by atoms with Crippen LogP contribution in [0, 0.1) is 17.8 Å². The van der Waals surface area contributed by atoms with Gasteiger partial charge in [0.2, 0.25) is 0 Å². The highest BCUT2D eigenvalue weighted by Gasteiger charge is 2.54. The van der Waals surface area contributed by atoms with Gasteiger partial charge in [0.25, 0.3) is 5.91 Å². The number of benzene rings is 1. The number of ether oxygens (including phenoxy) is 1. The van der Waals surface area contributed by atoms with Gasteiger partial charge in [-0.2, -0.15) is 0 Å². The Hall–Kier alpha value is -3.39. The average molecular weight is 457 g/mol. The smallest absolute Gasteiger partial charge is 0.254 e. The van der Waals surface area contributed by atoms with Crippen LogP contribution in [0.4, 0.5) is 0 Å². The number of piperidine rings is 1. The van der Waals surface area contributed by atoms with Gasteiger partial charge in [0, 0.05) is 49.9 Å². The van der Waals surface area contributed by atoms with Crippen molar-refractivity contribution in [1.29, 1.82) is 0 Å². The van der Waals surface area contributed by atoms with E-state index in [2.05, 4.69) is 26.3 Å². The summed E-state index contributed by atoms with van der Waals surface area (Å²) >= 11 is 0. The van der Waals surface area contributed by atoms with Crippen molar-refractivity contribution in [3.63, 3.8) is 0 Å². The number of carbonyl (C=O) groups is 1. The predicted octanol–water partition coefficient (Wildman–Crippen LogP) is 3.04. The molecule has 1 amide bonds.